The maximum Gasteiger partial charge on any atom is 0.190 e. The van der Waals surface area contributed by atoms with Gasteiger partial charge in [-0.3, -0.25) is 5.41 Å². The van der Waals surface area contributed by atoms with Gasteiger partial charge in [-0.25, -0.2) is 0 Å². The van der Waals surface area contributed by atoms with Crippen LogP contribution in [0.25, 0.3) is 0 Å². The molecular formula is C31H39N3O4. The minimum atomic E-state index is -0.294. The zero-order valence-corrected chi connectivity index (χ0v) is 22.8. The molecule has 0 saturated carbocycles. The average molecular weight is 518 g/mol. The van der Waals surface area contributed by atoms with Gasteiger partial charge in [0.05, 0.1) is 13.2 Å². The molecule has 0 saturated heterocycles. The lowest BCUT2D eigenvalue weighted by Crippen LogP contribution is -2.38. The molecule has 0 fully saturated rings. The summed E-state index contributed by atoms with van der Waals surface area (Å²) in [4.78, 5) is 0. The Hall–Kier alpha value is -3.87. The van der Waals surface area contributed by atoms with Crippen LogP contribution in [0.1, 0.15) is 54.0 Å². The smallest absolute Gasteiger partial charge is 0.190 e. The van der Waals surface area contributed by atoms with Gasteiger partial charge < -0.3 is 30.4 Å². The molecule has 3 aromatic carbocycles. The zero-order valence-electron chi connectivity index (χ0n) is 22.8. The Morgan fingerprint density at radius 1 is 0.974 bits per heavy atom. The Bertz CT molecular complexity index is 1270. The molecule has 38 heavy (non-hydrogen) atoms. The fourth-order valence-electron chi connectivity index (χ4n) is 4.86. The van der Waals surface area contributed by atoms with E-state index in [-0.39, 0.29) is 11.6 Å². The predicted molar refractivity (Wildman–Crippen MR) is 152 cm³/mol. The molecule has 0 spiro atoms. The number of hydrogen-bond acceptors (Lipinski definition) is 5. The first-order valence-corrected chi connectivity index (χ1v) is 13.2. The molecule has 1 unspecified atom stereocenters. The lowest BCUT2D eigenvalue weighted by Gasteiger charge is -2.38. The van der Waals surface area contributed by atoms with Crippen molar-refractivity contribution in [3.63, 3.8) is 0 Å². The molecule has 202 valence electrons. The van der Waals surface area contributed by atoms with Crippen molar-refractivity contribution in [3.05, 3.63) is 76.3 Å². The lowest BCUT2D eigenvalue weighted by molar-refractivity contribution is 0.0411. The molecule has 4 rings (SSSR count). The summed E-state index contributed by atoms with van der Waals surface area (Å²) in [5.74, 6) is 2.89. The van der Waals surface area contributed by atoms with Crippen LogP contribution in [0.3, 0.4) is 0 Å². The van der Waals surface area contributed by atoms with Crippen LogP contribution in [0.2, 0.25) is 0 Å². The van der Waals surface area contributed by atoms with Crippen LogP contribution >= 0.6 is 0 Å². The number of nitrogens with one attached hydrogen (secondary N) is 2. The Kier molecular flexibility index (Phi) is 8.35. The molecule has 0 amide bonds. The molecule has 1 aliphatic rings. The first-order valence-electron chi connectivity index (χ1n) is 13.2. The molecule has 3 aromatic rings. The summed E-state index contributed by atoms with van der Waals surface area (Å²) in [6.07, 6.45) is 4.40. The summed E-state index contributed by atoms with van der Waals surface area (Å²) < 4.78 is 18.4. The number of ether oxygens (including phenoxy) is 3. The fourth-order valence-corrected chi connectivity index (χ4v) is 4.86. The second-order valence-electron chi connectivity index (χ2n) is 10.3. The van der Waals surface area contributed by atoms with Crippen molar-refractivity contribution in [2.75, 3.05) is 18.5 Å². The van der Waals surface area contributed by atoms with E-state index < -0.39 is 0 Å². The van der Waals surface area contributed by atoms with Gasteiger partial charge in [0, 0.05) is 17.7 Å². The van der Waals surface area contributed by atoms with Gasteiger partial charge in [0.15, 0.2) is 5.96 Å². The van der Waals surface area contributed by atoms with Crippen molar-refractivity contribution in [1.29, 1.82) is 5.41 Å². The number of hydrogen-bond donors (Lipinski definition) is 4. The second kappa shape index (κ2) is 11.7. The van der Waals surface area contributed by atoms with E-state index in [0.717, 1.165) is 77.3 Å². The van der Waals surface area contributed by atoms with Gasteiger partial charge in [0.1, 0.15) is 28.6 Å². The highest BCUT2D eigenvalue weighted by Gasteiger charge is 2.34. The maximum absolute atomic E-state index is 10.4. The second-order valence-corrected chi connectivity index (χ2v) is 10.3. The number of phenols is 1. The monoisotopic (exact) mass is 517 g/mol. The van der Waals surface area contributed by atoms with Gasteiger partial charge in [-0.05, 0) is 112 Å². The highest BCUT2D eigenvalue weighted by atomic mass is 16.5. The molecule has 7 heteroatoms. The topological polar surface area (TPSA) is 110 Å². The minimum Gasteiger partial charge on any atom is -0.507 e. The molecule has 1 heterocycles. The van der Waals surface area contributed by atoms with Crippen LogP contribution in [0.15, 0.2) is 48.5 Å². The number of guanidine groups is 1. The Labute approximate surface area is 225 Å². The maximum atomic E-state index is 10.4. The number of aryl methyl sites for hydroxylation is 1. The SMILES string of the molecule is Cc1c(C)c2c(c(C)c1O)CCC(C)(CCOc1ccc(CCCOc3ccc(NC(=N)N)cc3)cc1)O2. The van der Waals surface area contributed by atoms with Gasteiger partial charge in [0.25, 0.3) is 0 Å². The summed E-state index contributed by atoms with van der Waals surface area (Å²) >= 11 is 0. The minimum absolute atomic E-state index is 0.0866. The van der Waals surface area contributed by atoms with Crippen molar-refractivity contribution < 1.29 is 19.3 Å². The van der Waals surface area contributed by atoms with Crippen LogP contribution in [-0.2, 0) is 12.8 Å². The number of rotatable bonds is 10. The summed E-state index contributed by atoms with van der Waals surface area (Å²) in [5, 5.41) is 20.4. The lowest BCUT2D eigenvalue weighted by atomic mass is 9.86. The van der Waals surface area contributed by atoms with Crippen LogP contribution in [0, 0.1) is 26.2 Å². The molecule has 0 aliphatic carbocycles. The van der Waals surface area contributed by atoms with Gasteiger partial charge in [-0.2, -0.15) is 0 Å². The van der Waals surface area contributed by atoms with E-state index in [1.165, 1.54) is 5.56 Å². The summed E-state index contributed by atoms with van der Waals surface area (Å²) in [5.41, 5.74) is 11.0. The van der Waals surface area contributed by atoms with Crippen LogP contribution in [0.4, 0.5) is 5.69 Å². The van der Waals surface area contributed by atoms with E-state index in [9.17, 15) is 5.11 Å². The zero-order chi connectivity index (χ0) is 27.3. The largest absolute Gasteiger partial charge is 0.507 e. The normalized spacial score (nSPS) is 16.3. The van der Waals surface area contributed by atoms with Gasteiger partial charge in [-0.1, -0.05) is 12.1 Å². The Balaban J connectivity index is 1.20. The number of nitrogens with two attached hydrogens (primary N) is 1. The quantitative estimate of drug-likeness (QED) is 0.145. The third-order valence-corrected chi connectivity index (χ3v) is 7.43. The summed E-state index contributed by atoms with van der Waals surface area (Å²) in [7, 11) is 0. The fraction of sp³-hybridized carbons (Fsp3) is 0.387. The van der Waals surface area contributed by atoms with Crippen molar-refractivity contribution in [2.24, 2.45) is 5.73 Å². The molecular weight excluding hydrogens is 478 g/mol. The predicted octanol–water partition coefficient (Wildman–Crippen LogP) is 6.19. The highest BCUT2D eigenvalue weighted by Crippen LogP contribution is 2.44. The summed E-state index contributed by atoms with van der Waals surface area (Å²) in [6, 6.07) is 15.7. The van der Waals surface area contributed by atoms with Crippen LogP contribution < -0.4 is 25.3 Å². The number of benzene rings is 3. The van der Waals surface area contributed by atoms with Crippen molar-refractivity contribution in [3.8, 4) is 23.0 Å². The Morgan fingerprint density at radius 2 is 1.61 bits per heavy atom. The first kappa shape index (κ1) is 27.2. The summed E-state index contributed by atoms with van der Waals surface area (Å²) in [6.45, 7) is 9.30. The van der Waals surface area contributed by atoms with E-state index in [1.54, 1.807) is 0 Å². The van der Waals surface area contributed by atoms with Gasteiger partial charge in [-0.15, -0.1) is 0 Å². The first-order chi connectivity index (χ1) is 18.1. The highest BCUT2D eigenvalue weighted by molar-refractivity contribution is 5.89. The van der Waals surface area contributed by atoms with Crippen molar-refractivity contribution in [1.82, 2.24) is 0 Å². The molecule has 5 N–H and O–H groups in total. The number of aromatic hydroxyl groups is 1. The van der Waals surface area contributed by atoms with Gasteiger partial charge >= 0.3 is 0 Å². The van der Waals surface area contributed by atoms with E-state index in [4.69, 9.17) is 25.4 Å². The average Bonchev–Trinajstić information content (AvgIpc) is 2.90. The van der Waals surface area contributed by atoms with Gasteiger partial charge in [0.2, 0.25) is 0 Å². The van der Waals surface area contributed by atoms with Crippen LogP contribution in [0.5, 0.6) is 23.0 Å². The molecule has 1 aliphatic heterocycles. The van der Waals surface area contributed by atoms with E-state index in [2.05, 4.69) is 24.4 Å². The van der Waals surface area contributed by atoms with Crippen molar-refractivity contribution >= 4 is 11.6 Å². The Morgan fingerprint density at radius 3 is 2.26 bits per heavy atom. The number of fused-ring (bicyclic) bond motifs is 1. The number of phenolic OH excluding ortho intramolecular Hbond substituents is 1. The molecule has 0 bridgehead atoms. The van der Waals surface area contributed by atoms with E-state index in [0.29, 0.717) is 19.0 Å². The molecule has 7 nitrogen and oxygen atoms in total. The van der Waals surface area contributed by atoms with Crippen LogP contribution in [-0.4, -0.2) is 29.9 Å². The standard InChI is InChI=1S/C31H39N3O4/c1-20-21(2)29-27(22(3)28(20)35)15-16-31(4,38-29)17-19-37-25-11-7-23(8-12-25)6-5-18-36-26-13-9-24(10-14-26)34-30(32)33/h7-14,35H,5-6,15-19H2,1-4H3,(H4,32,33,34). The third-order valence-electron chi connectivity index (χ3n) is 7.43. The van der Waals surface area contributed by atoms with E-state index >= 15 is 0 Å². The molecule has 1 atom stereocenters. The third kappa shape index (κ3) is 6.52. The molecule has 0 radical (unpaired) electrons. The number of anilines is 1. The van der Waals surface area contributed by atoms with Crippen molar-refractivity contribution in [2.45, 2.75) is 65.4 Å². The van der Waals surface area contributed by atoms with E-state index in [1.807, 2.05) is 57.2 Å². The molecule has 0 aromatic heterocycles.